The molecule has 0 fully saturated rings. The van der Waals surface area contributed by atoms with Crippen LogP contribution in [0.4, 0.5) is 5.82 Å². The fourth-order valence-corrected chi connectivity index (χ4v) is 3.84. The van der Waals surface area contributed by atoms with E-state index in [1.807, 2.05) is 24.3 Å². The molecule has 1 aromatic heterocycles. The Morgan fingerprint density at radius 3 is 2.96 bits per heavy atom. The number of nitrogens with two attached hydrogens (primary N) is 1. The minimum atomic E-state index is -0.539. The molecular weight excluding hydrogens is 372 g/mol. The highest BCUT2D eigenvalue weighted by atomic mass is 79.9. The minimum Gasteiger partial charge on any atom is -0.365 e. The van der Waals surface area contributed by atoms with E-state index in [-0.39, 0.29) is 11.8 Å². The molecular formula is C17H15BrN4O2. The van der Waals surface area contributed by atoms with Gasteiger partial charge in [0.15, 0.2) is 5.78 Å². The van der Waals surface area contributed by atoms with Crippen LogP contribution in [0.2, 0.25) is 0 Å². The van der Waals surface area contributed by atoms with Gasteiger partial charge in [-0.2, -0.15) is 5.10 Å². The lowest BCUT2D eigenvalue weighted by Gasteiger charge is -2.33. The molecule has 122 valence electrons. The maximum Gasteiger partial charge on any atom is 0.254 e. The average Bonchev–Trinajstić information content (AvgIpc) is 2.97. The molecule has 4 rings (SSSR count). The second-order valence-corrected chi connectivity index (χ2v) is 6.88. The minimum absolute atomic E-state index is 0.121. The Morgan fingerprint density at radius 2 is 2.21 bits per heavy atom. The first-order chi connectivity index (χ1) is 11.6. The van der Waals surface area contributed by atoms with Crippen molar-refractivity contribution >= 4 is 33.4 Å². The summed E-state index contributed by atoms with van der Waals surface area (Å²) in [7, 11) is 0. The summed E-state index contributed by atoms with van der Waals surface area (Å²) in [5.74, 6) is 0.138. The number of hydrogen-bond donors (Lipinski definition) is 2. The molecule has 6 nitrogen and oxygen atoms in total. The molecule has 0 saturated heterocycles. The number of hydrogen-bond acceptors (Lipinski definition) is 4. The third kappa shape index (κ3) is 2.27. The lowest BCUT2D eigenvalue weighted by molar-refractivity contribution is -0.116. The molecule has 2 aromatic rings. The topological polar surface area (TPSA) is 90.0 Å². The number of nitrogens with zero attached hydrogens (tertiary/aromatic N) is 2. The maximum absolute atomic E-state index is 12.6. The number of carbonyl (C=O) groups is 2. The van der Waals surface area contributed by atoms with Crippen molar-refractivity contribution in [2.75, 3.05) is 5.32 Å². The van der Waals surface area contributed by atoms with E-state index in [4.69, 9.17) is 5.73 Å². The van der Waals surface area contributed by atoms with Crippen LogP contribution in [-0.4, -0.2) is 21.5 Å². The van der Waals surface area contributed by atoms with Crippen LogP contribution in [0.1, 0.15) is 41.2 Å². The van der Waals surface area contributed by atoms with Crippen molar-refractivity contribution in [3.63, 3.8) is 0 Å². The third-order valence-electron chi connectivity index (χ3n) is 4.47. The van der Waals surface area contributed by atoms with Gasteiger partial charge in [-0.1, -0.05) is 28.1 Å². The van der Waals surface area contributed by atoms with E-state index in [1.165, 1.54) is 6.20 Å². The molecule has 0 radical (unpaired) electrons. The van der Waals surface area contributed by atoms with Gasteiger partial charge in [0.05, 0.1) is 6.20 Å². The summed E-state index contributed by atoms with van der Waals surface area (Å²) in [5, 5.41) is 7.56. The highest BCUT2D eigenvalue weighted by molar-refractivity contribution is 9.10. The zero-order valence-electron chi connectivity index (χ0n) is 12.8. The number of ketones is 1. The molecule has 1 unspecified atom stereocenters. The molecule has 1 aromatic carbocycles. The van der Waals surface area contributed by atoms with Crippen molar-refractivity contribution in [3.8, 4) is 0 Å². The predicted octanol–water partition coefficient (Wildman–Crippen LogP) is 2.77. The summed E-state index contributed by atoms with van der Waals surface area (Å²) >= 11 is 3.48. The highest BCUT2D eigenvalue weighted by Gasteiger charge is 2.37. The number of amides is 1. The Morgan fingerprint density at radius 1 is 1.38 bits per heavy atom. The zero-order valence-corrected chi connectivity index (χ0v) is 14.3. The number of fused-ring (bicyclic) bond motifs is 1. The predicted molar refractivity (Wildman–Crippen MR) is 92.5 cm³/mol. The van der Waals surface area contributed by atoms with Crippen LogP contribution >= 0.6 is 15.9 Å². The summed E-state index contributed by atoms with van der Waals surface area (Å²) < 4.78 is 2.61. The van der Waals surface area contributed by atoms with Crippen LogP contribution < -0.4 is 11.1 Å². The molecule has 1 atom stereocenters. The summed E-state index contributed by atoms with van der Waals surface area (Å²) in [5.41, 5.74) is 8.33. The SMILES string of the molecule is NC(=O)c1cnn2c1NC1=C(C(=O)CCC1)C2c1cccc(Br)c1. The molecule has 1 aliphatic carbocycles. The van der Waals surface area contributed by atoms with Gasteiger partial charge >= 0.3 is 0 Å². The molecule has 2 heterocycles. The lowest BCUT2D eigenvalue weighted by atomic mass is 9.85. The number of Topliss-reactive ketones (excluding diaryl/α,β-unsaturated/α-hetero) is 1. The van der Waals surface area contributed by atoms with E-state index < -0.39 is 5.91 Å². The van der Waals surface area contributed by atoms with Crippen molar-refractivity contribution in [2.24, 2.45) is 5.73 Å². The van der Waals surface area contributed by atoms with Crippen molar-refractivity contribution in [2.45, 2.75) is 25.3 Å². The number of aromatic nitrogens is 2. The van der Waals surface area contributed by atoms with E-state index >= 15 is 0 Å². The number of nitrogens with one attached hydrogen (secondary N) is 1. The number of anilines is 1. The van der Waals surface area contributed by atoms with Gasteiger partial charge < -0.3 is 11.1 Å². The van der Waals surface area contributed by atoms with Crippen LogP contribution in [0, 0.1) is 0 Å². The van der Waals surface area contributed by atoms with E-state index in [1.54, 1.807) is 4.68 Å². The largest absolute Gasteiger partial charge is 0.365 e. The second kappa shape index (κ2) is 5.59. The second-order valence-electron chi connectivity index (χ2n) is 5.97. The number of allylic oxidation sites excluding steroid dienone is 2. The summed E-state index contributed by atoms with van der Waals surface area (Å²) in [4.78, 5) is 24.3. The quantitative estimate of drug-likeness (QED) is 0.829. The lowest BCUT2D eigenvalue weighted by Crippen LogP contribution is -2.32. The smallest absolute Gasteiger partial charge is 0.254 e. The maximum atomic E-state index is 12.6. The van der Waals surface area contributed by atoms with Crippen LogP contribution in [0.25, 0.3) is 0 Å². The molecule has 0 spiro atoms. The van der Waals surface area contributed by atoms with Gasteiger partial charge in [0.1, 0.15) is 17.4 Å². The molecule has 3 N–H and O–H groups in total. The first-order valence-electron chi connectivity index (χ1n) is 7.72. The first-order valence-corrected chi connectivity index (χ1v) is 8.51. The monoisotopic (exact) mass is 386 g/mol. The molecule has 1 aliphatic heterocycles. The van der Waals surface area contributed by atoms with Crippen LogP contribution in [0.5, 0.6) is 0 Å². The first kappa shape index (κ1) is 15.1. The van der Waals surface area contributed by atoms with Gasteiger partial charge in [-0.15, -0.1) is 0 Å². The van der Waals surface area contributed by atoms with Crippen molar-refractivity contribution in [1.29, 1.82) is 0 Å². The fraction of sp³-hybridized carbons (Fsp3) is 0.235. The van der Waals surface area contributed by atoms with Crippen LogP contribution in [0.3, 0.4) is 0 Å². The molecule has 2 aliphatic rings. The Kier molecular flexibility index (Phi) is 3.53. The van der Waals surface area contributed by atoms with E-state index in [0.717, 1.165) is 34.1 Å². The van der Waals surface area contributed by atoms with Gasteiger partial charge in [0, 0.05) is 22.2 Å². The fourth-order valence-electron chi connectivity index (χ4n) is 3.42. The van der Waals surface area contributed by atoms with Gasteiger partial charge in [-0.25, -0.2) is 4.68 Å². The molecule has 0 bridgehead atoms. The average molecular weight is 387 g/mol. The van der Waals surface area contributed by atoms with E-state index in [0.29, 0.717) is 17.8 Å². The van der Waals surface area contributed by atoms with Gasteiger partial charge in [0.2, 0.25) is 0 Å². The van der Waals surface area contributed by atoms with Crippen LogP contribution in [0.15, 0.2) is 46.2 Å². The van der Waals surface area contributed by atoms with Gasteiger partial charge in [0.25, 0.3) is 5.91 Å². The van der Waals surface area contributed by atoms with Gasteiger partial charge in [-0.05, 0) is 30.5 Å². The van der Waals surface area contributed by atoms with E-state index in [9.17, 15) is 9.59 Å². The zero-order chi connectivity index (χ0) is 16.8. The Bertz CT molecular complexity index is 900. The Labute approximate surface area is 146 Å². The molecule has 0 saturated carbocycles. The number of rotatable bonds is 2. The number of benzene rings is 1. The molecule has 1 amide bonds. The third-order valence-corrected chi connectivity index (χ3v) is 4.96. The standard InChI is InChI=1S/C17H15BrN4O2/c18-10-4-1-3-9(7-10)15-14-12(5-2-6-13(14)23)21-17-11(16(19)24)8-20-22(15)17/h1,3-4,7-8,15,21H,2,5-6H2,(H2,19,24). The number of primary amides is 1. The Balaban J connectivity index is 1.95. The summed E-state index contributed by atoms with van der Waals surface area (Å²) in [6, 6.07) is 7.43. The number of halogens is 1. The van der Waals surface area contributed by atoms with Gasteiger partial charge in [-0.3, -0.25) is 9.59 Å². The summed E-state index contributed by atoms with van der Waals surface area (Å²) in [6.45, 7) is 0. The Hall–Kier alpha value is -2.41. The molecule has 7 heteroatoms. The number of carbonyl (C=O) groups excluding carboxylic acids is 2. The van der Waals surface area contributed by atoms with Crippen LogP contribution in [-0.2, 0) is 4.79 Å². The van der Waals surface area contributed by atoms with Crippen molar-refractivity contribution in [1.82, 2.24) is 9.78 Å². The summed E-state index contributed by atoms with van der Waals surface area (Å²) in [6.07, 6.45) is 3.56. The van der Waals surface area contributed by atoms with Crippen molar-refractivity contribution < 1.29 is 9.59 Å². The normalized spacial score (nSPS) is 19.5. The van der Waals surface area contributed by atoms with E-state index in [2.05, 4.69) is 26.3 Å². The van der Waals surface area contributed by atoms with Crippen molar-refractivity contribution in [3.05, 3.63) is 57.3 Å². The highest BCUT2D eigenvalue weighted by Crippen LogP contribution is 2.41. The molecule has 24 heavy (non-hydrogen) atoms.